The fraction of sp³-hybridized carbons (Fsp3) is 0.611. The number of hydrogen-bond acceptors (Lipinski definition) is 6. The second-order valence-corrected chi connectivity index (χ2v) is 7.54. The molecule has 2 aromatic rings. The van der Waals surface area contributed by atoms with Crippen LogP contribution < -0.4 is 10.2 Å². The Morgan fingerprint density at radius 1 is 1.26 bits per heavy atom. The molecule has 0 aliphatic carbocycles. The van der Waals surface area contributed by atoms with Gasteiger partial charge in [-0.1, -0.05) is 11.6 Å². The molecule has 2 fully saturated rings. The lowest BCUT2D eigenvalue weighted by Gasteiger charge is -2.32. The number of fused-ring (bicyclic) bond motifs is 1. The number of piperidine rings is 1. The van der Waals surface area contributed by atoms with Crippen molar-refractivity contribution in [1.29, 1.82) is 0 Å². The van der Waals surface area contributed by atoms with Crippen molar-refractivity contribution in [2.75, 3.05) is 57.4 Å². The van der Waals surface area contributed by atoms with E-state index in [1.54, 1.807) is 6.07 Å². The van der Waals surface area contributed by atoms with Gasteiger partial charge >= 0.3 is 0 Å². The van der Waals surface area contributed by atoms with Gasteiger partial charge in [0.25, 0.3) is 0 Å². The topological polar surface area (TPSA) is 75.0 Å². The van der Waals surface area contributed by atoms with Crippen LogP contribution in [0.4, 0.5) is 5.95 Å². The van der Waals surface area contributed by atoms with Gasteiger partial charge in [0.1, 0.15) is 0 Å². The summed E-state index contributed by atoms with van der Waals surface area (Å²) in [6, 6.07) is 3.65. The van der Waals surface area contributed by atoms with Crippen molar-refractivity contribution in [3.05, 3.63) is 23.4 Å². The van der Waals surface area contributed by atoms with Crippen molar-refractivity contribution < 1.29 is 9.53 Å². The zero-order chi connectivity index (χ0) is 18.6. The van der Waals surface area contributed by atoms with Crippen LogP contribution in [0.2, 0.25) is 5.02 Å². The molecule has 146 valence electrons. The van der Waals surface area contributed by atoms with E-state index < -0.39 is 0 Å². The van der Waals surface area contributed by atoms with E-state index in [9.17, 15) is 4.79 Å². The van der Waals surface area contributed by atoms with Gasteiger partial charge in [0.15, 0.2) is 5.65 Å². The molecule has 0 saturated carbocycles. The smallest absolute Gasteiger partial charge is 0.231 e. The maximum atomic E-state index is 12.6. The summed E-state index contributed by atoms with van der Waals surface area (Å²) in [5.41, 5.74) is 0.756. The van der Waals surface area contributed by atoms with Gasteiger partial charge in [0, 0.05) is 45.5 Å². The first kappa shape index (κ1) is 18.5. The van der Waals surface area contributed by atoms with Gasteiger partial charge in [0.2, 0.25) is 11.9 Å². The molecule has 4 heterocycles. The highest BCUT2D eigenvalue weighted by molar-refractivity contribution is 6.30. The Kier molecular flexibility index (Phi) is 5.75. The van der Waals surface area contributed by atoms with Crippen molar-refractivity contribution in [2.24, 2.45) is 5.92 Å². The van der Waals surface area contributed by atoms with Crippen LogP contribution in [0.25, 0.3) is 5.65 Å². The lowest BCUT2D eigenvalue weighted by Crippen LogP contribution is -2.46. The molecule has 9 heteroatoms. The Morgan fingerprint density at radius 3 is 2.96 bits per heavy atom. The van der Waals surface area contributed by atoms with Crippen LogP contribution in [-0.4, -0.2) is 77.9 Å². The number of rotatable bonds is 5. The first-order valence-electron chi connectivity index (χ1n) is 9.54. The first-order chi connectivity index (χ1) is 13.2. The molecule has 2 aliphatic heterocycles. The average Bonchev–Trinajstić information content (AvgIpc) is 3.12. The average molecular weight is 393 g/mol. The third-order valence-corrected chi connectivity index (χ3v) is 5.48. The third kappa shape index (κ3) is 4.34. The van der Waals surface area contributed by atoms with Gasteiger partial charge in [-0.3, -0.25) is 14.1 Å². The van der Waals surface area contributed by atoms with Gasteiger partial charge in [-0.15, -0.1) is 10.2 Å². The Morgan fingerprint density at radius 2 is 2.11 bits per heavy atom. The number of anilines is 1. The lowest BCUT2D eigenvalue weighted by molar-refractivity contribution is -0.125. The zero-order valence-corrected chi connectivity index (χ0v) is 16.1. The Balaban J connectivity index is 1.34. The second kappa shape index (κ2) is 8.41. The molecular formula is C18H25ClN6O2. The van der Waals surface area contributed by atoms with Gasteiger partial charge in [-0.05, 0) is 25.0 Å². The molecule has 1 atom stereocenters. The molecule has 0 bridgehead atoms. The summed E-state index contributed by atoms with van der Waals surface area (Å²) in [4.78, 5) is 17.1. The number of amides is 1. The molecule has 27 heavy (non-hydrogen) atoms. The van der Waals surface area contributed by atoms with Crippen LogP contribution in [0.15, 0.2) is 18.3 Å². The predicted octanol–water partition coefficient (Wildman–Crippen LogP) is 1.05. The fourth-order valence-corrected chi connectivity index (χ4v) is 3.91. The molecular weight excluding hydrogens is 368 g/mol. The minimum atomic E-state index is -0.0324. The molecule has 0 radical (unpaired) electrons. The van der Waals surface area contributed by atoms with Crippen LogP contribution in [0, 0.1) is 5.92 Å². The number of pyridine rings is 1. The number of ether oxygens (including phenoxy) is 1. The maximum Gasteiger partial charge on any atom is 0.231 e. The number of nitrogens with one attached hydrogen (secondary N) is 1. The Bertz CT molecular complexity index is 791. The van der Waals surface area contributed by atoms with E-state index in [0.717, 1.165) is 63.8 Å². The number of halogens is 1. The van der Waals surface area contributed by atoms with Crippen LogP contribution in [-0.2, 0) is 9.53 Å². The summed E-state index contributed by atoms with van der Waals surface area (Å²) in [5, 5.41) is 12.2. The molecule has 0 aromatic carbocycles. The van der Waals surface area contributed by atoms with E-state index >= 15 is 0 Å². The lowest BCUT2D eigenvalue weighted by atomic mass is 9.97. The van der Waals surface area contributed by atoms with E-state index in [4.69, 9.17) is 16.3 Å². The van der Waals surface area contributed by atoms with Gasteiger partial charge in [-0.25, -0.2) is 0 Å². The highest BCUT2D eigenvalue weighted by Gasteiger charge is 2.28. The molecule has 2 aliphatic rings. The summed E-state index contributed by atoms with van der Waals surface area (Å²) in [5.74, 6) is 0.841. The number of carbonyl (C=O) groups is 1. The van der Waals surface area contributed by atoms with Crippen LogP contribution in [0.1, 0.15) is 12.8 Å². The number of carbonyl (C=O) groups excluding carboxylic acids is 1. The van der Waals surface area contributed by atoms with E-state index in [1.807, 2.05) is 16.7 Å². The number of morpholine rings is 1. The van der Waals surface area contributed by atoms with Gasteiger partial charge < -0.3 is 15.0 Å². The fourth-order valence-electron chi connectivity index (χ4n) is 3.75. The molecule has 0 spiro atoms. The van der Waals surface area contributed by atoms with Gasteiger partial charge in [-0.2, -0.15) is 0 Å². The SMILES string of the molecule is O=C(NCCN1CCOCC1)C1CCCN(c2nnc3ccc(Cl)cn23)C1. The summed E-state index contributed by atoms with van der Waals surface area (Å²) in [7, 11) is 0. The van der Waals surface area contributed by atoms with Crippen molar-refractivity contribution in [1.82, 2.24) is 24.8 Å². The Labute approximate surface area is 163 Å². The van der Waals surface area contributed by atoms with Crippen molar-refractivity contribution in [2.45, 2.75) is 12.8 Å². The van der Waals surface area contributed by atoms with Crippen LogP contribution >= 0.6 is 11.6 Å². The maximum absolute atomic E-state index is 12.6. The van der Waals surface area contributed by atoms with Crippen molar-refractivity contribution in [3.8, 4) is 0 Å². The Hall–Kier alpha value is -1.90. The minimum Gasteiger partial charge on any atom is -0.379 e. The first-order valence-corrected chi connectivity index (χ1v) is 9.91. The van der Waals surface area contributed by atoms with Crippen molar-refractivity contribution in [3.63, 3.8) is 0 Å². The van der Waals surface area contributed by atoms with Crippen LogP contribution in [0.3, 0.4) is 0 Å². The summed E-state index contributed by atoms with van der Waals surface area (Å²) in [6.07, 6.45) is 3.67. The van der Waals surface area contributed by atoms with E-state index in [1.165, 1.54) is 0 Å². The highest BCUT2D eigenvalue weighted by atomic mass is 35.5. The summed E-state index contributed by atoms with van der Waals surface area (Å²) < 4.78 is 7.24. The molecule has 1 N–H and O–H groups in total. The van der Waals surface area contributed by atoms with Crippen molar-refractivity contribution >= 4 is 29.1 Å². The largest absolute Gasteiger partial charge is 0.379 e. The molecule has 4 rings (SSSR count). The van der Waals surface area contributed by atoms with E-state index in [-0.39, 0.29) is 11.8 Å². The predicted molar refractivity (Wildman–Crippen MR) is 103 cm³/mol. The number of aromatic nitrogens is 3. The third-order valence-electron chi connectivity index (χ3n) is 5.25. The molecule has 1 amide bonds. The molecule has 1 unspecified atom stereocenters. The zero-order valence-electron chi connectivity index (χ0n) is 15.3. The second-order valence-electron chi connectivity index (χ2n) is 7.11. The molecule has 8 nitrogen and oxygen atoms in total. The number of nitrogens with zero attached hydrogens (tertiary/aromatic N) is 5. The highest BCUT2D eigenvalue weighted by Crippen LogP contribution is 2.23. The summed E-state index contributed by atoms with van der Waals surface area (Å²) in [6.45, 7) is 6.51. The van der Waals surface area contributed by atoms with E-state index in [0.29, 0.717) is 18.1 Å². The normalized spacial score (nSPS) is 21.5. The summed E-state index contributed by atoms with van der Waals surface area (Å²) >= 11 is 6.12. The standard InChI is InChI=1S/C18H25ClN6O2/c19-15-3-4-16-21-22-18(25(16)13-15)24-6-1-2-14(12-24)17(26)20-5-7-23-8-10-27-11-9-23/h3-4,13-14H,1-2,5-12H2,(H,20,26). The molecule has 2 aromatic heterocycles. The number of hydrogen-bond donors (Lipinski definition) is 1. The molecule has 2 saturated heterocycles. The minimum absolute atomic E-state index is 0.0324. The monoisotopic (exact) mass is 392 g/mol. The quantitative estimate of drug-likeness (QED) is 0.819. The van der Waals surface area contributed by atoms with E-state index in [2.05, 4.69) is 25.3 Å². The van der Waals surface area contributed by atoms with Gasteiger partial charge in [0.05, 0.1) is 24.2 Å². The van der Waals surface area contributed by atoms with Crippen LogP contribution in [0.5, 0.6) is 0 Å².